The summed E-state index contributed by atoms with van der Waals surface area (Å²) >= 11 is 7.20. The largest absolute Gasteiger partial charge is 0.495 e. The van der Waals surface area contributed by atoms with Crippen LogP contribution in [-0.4, -0.2) is 18.0 Å². The molecular formula is C15H10ClFN2O2S. The molecular weight excluding hydrogens is 327 g/mol. The van der Waals surface area contributed by atoms with Gasteiger partial charge in [-0.15, -0.1) is 0 Å². The van der Waals surface area contributed by atoms with E-state index in [4.69, 9.17) is 16.3 Å². The van der Waals surface area contributed by atoms with E-state index in [-0.39, 0.29) is 11.7 Å². The van der Waals surface area contributed by atoms with Gasteiger partial charge >= 0.3 is 0 Å². The third-order valence-corrected chi connectivity index (χ3v) is 4.21. The van der Waals surface area contributed by atoms with Crippen LogP contribution in [0.1, 0.15) is 10.4 Å². The maximum Gasteiger partial charge on any atom is 0.257 e. The molecule has 0 saturated carbocycles. The Labute approximate surface area is 134 Å². The van der Waals surface area contributed by atoms with Gasteiger partial charge in [-0.3, -0.25) is 10.1 Å². The zero-order valence-electron chi connectivity index (χ0n) is 11.4. The monoisotopic (exact) mass is 336 g/mol. The van der Waals surface area contributed by atoms with Crippen molar-refractivity contribution in [3.05, 3.63) is 52.8 Å². The molecule has 1 aromatic heterocycles. The molecule has 0 atom stereocenters. The Morgan fingerprint density at radius 3 is 2.86 bits per heavy atom. The summed E-state index contributed by atoms with van der Waals surface area (Å²) in [4.78, 5) is 16.4. The number of anilines is 1. The van der Waals surface area contributed by atoms with Crippen LogP contribution < -0.4 is 10.1 Å². The van der Waals surface area contributed by atoms with Crippen LogP contribution in [0.3, 0.4) is 0 Å². The Morgan fingerprint density at radius 1 is 1.32 bits per heavy atom. The van der Waals surface area contributed by atoms with Crippen molar-refractivity contribution in [2.45, 2.75) is 0 Å². The van der Waals surface area contributed by atoms with E-state index in [0.717, 1.165) is 0 Å². The van der Waals surface area contributed by atoms with E-state index in [9.17, 15) is 9.18 Å². The molecule has 2 aromatic carbocycles. The first kappa shape index (κ1) is 14.7. The van der Waals surface area contributed by atoms with Crippen LogP contribution in [0.25, 0.3) is 10.2 Å². The van der Waals surface area contributed by atoms with Crippen molar-refractivity contribution in [1.82, 2.24) is 4.98 Å². The maximum atomic E-state index is 13.2. The number of amides is 1. The topological polar surface area (TPSA) is 51.2 Å². The molecule has 0 radical (unpaired) electrons. The fourth-order valence-electron chi connectivity index (χ4n) is 1.93. The average Bonchev–Trinajstić information content (AvgIpc) is 2.88. The van der Waals surface area contributed by atoms with Crippen molar-refractivity contribution in [2.75, 3.05) is 12.4 Å². The van der Waals surface area contributed by atoms with Crippen LogP contribution in [0.5, 0.6) is 5.75 Å². The minimum absolute atomic E-state index is 0.337. The van der Waals surface area contributed by atoms with Crippen molar-refractivity contribution < 1.29 is 13.9 Å². The summed E-state index contributed by atoms with van der Waals surface area (Å²) in [7, 11) is 1.50. The fourth-order valence-corrected chi connectivity index (χ4v) is 3.07. The number of nitrogens with one attached hydrogen (secondary N) is 1. The number of aromatic nitrogens is 1. The third kappa shape index (κ3) is 2.88. The molecule has 7 heteroatoms. The predicted molar refractivity (Wildman–Crippen MR) is 85.5 cm³/mol. The lowest BCUT2D eigenvalue weighted by atomic mass is 10.2. The number of nitrogens with zero attached hydrogens (tertiary/aromatic N) is 1. The third-order valence-electron chi connectivity index (χ3n) is 2.98. The van der Waals surface area contributed by atoms with Crippen molar-refractivity contribution in [2.24, 2.45) is 0 Å². The van der Waals surface area contributed by atoms with E-state index in [0.29, 0.717) is 31.7 Å². The molecule has 22 heavy (non-hydrogen) atoms. The molecule has 0 aliphatic carbocycles. The molecule has 0 spiro atoms. The molecule has 1 amide bonds. The van der Waals surface area contributed by atoms with Crippen LogP contribution in [0.15, 0.2) is 36.4 Å². The number of hydrogen-bond donors (Lipinski definition) is 1. The number of carbonyl (C=O) groups excluding carboxylic acids is 1. The second-order valence-electron chi connectivity index (χ2n) is 4.43. The van der Waals surface area contributed by atoms with E-state index in [1.54, 1.807) is 18.2 Å². The van der Waals surface area contributed by atoms with E-state index in [2.05, 4.69) is 10.3 Å². The van der Waals surface area contributed by atoms with Crippen LogP contribution in [0.4, 0.5) is 9.52 Å². The molecule has 3 rings (SSSR count). The second-order valence-corrected chi connectivity index (χ2v) is 5.87. The van der Waals surface area contributed by atoms with E-state index >= 15 is 0 Å². The summed E-state index contributed by atoms with van der Waals surface area (Å²) in [6.07, 6.45) is 0. The number of benzene rings is 2. The molecule has 0 aliphatic heterocycles. The van der Waals surface area contributed by atoms with Gasteiger partial charge in [0.05, 0.1) is 22.3 Å². The first-order chi connectivity index (χ1) is 10.6. The highest BCUT2D eigenvalue weighted by Crippen LogP contribution is 2.28. The Morgan fingerprint density at radius 2 is 2.14 bits per heavy atom. The SMILES string of the molecule is COc1ccc(C(=O)Nc2nc3ccc(F)cc3s2)cc1Cl. The molecule has 0 saturated heterocycles. The number of rotatable bonds is 3. The molecule has 3 aromatic rings. The number of hydrogen-bond acceptors (Lipinski definition) is 4. The van der Waals surface area contributed by atoms with E-state index in [1.165, 1.54) is 36.6 Å². The highest BCUT2D eigenvalue weighted by atomic mass is 35.5. The van der Waals surface area contributed by atoms with E-state index in [1.807, 2.05) is 0 Å². The lowest BCUT2D eigenvalue weighted by Gasteiger charge is -2.05. The van der Waals surface area contributed by atoms with Gasteiger partial charge in [0.15, 0.2) is 5.13 Å². The Kier molecular flexibility index (Phi) is 3.96. The zero-order valence-corrected chi connectivity index (χ0v) is 13.0. The van der Waals surface area contributed by atoms with E-state index < -0.39 is 0 Å². The van der Waals surface area contributed by atoms with Crippen molar-refractivity contribution in [3.63, 3.8) is 0 Å². The van der Waals surface area contributed by atoms with Crippen molar-refractivity contribution in [3.8, 4) is 5.75 Å². The summed E-state index contributed by atoms with van der Waals surface area (Å²) in [6.45, 7) is 0. The zero-order chi connectivity index (χ0) is 15.7. The Hall–Kier alpha value is -2.18. The second kappa shape index (κ2) is 5.90. The molecule has 1 heterocycles. The van der Waals surface area contributed by atoms with Crippen LogP contribution in [0.2, 0.25) is 5.02 Å². The minimum Gasteiger partial charge on any atom is -0.495 e. The van der Waals surface area contributed by atoms with Gasteiger partial charge in [-0.05, 0) is 36.4 Å². The standard InChI is InChI=1S/C15H10ClFN2O2S/c1-21-12-5-2-8(6-10(12)16)14(20)19-15-18-11-4-3-9(17)7-13(11)22-15/h2-7H,1H3,(H,18,19,20). The number of methoxy groups -OCH3 is 1. The normalized spacial score (nSPS) is 10.7. The smallest absolute Gasteiger partial charge is 0.257 e. The van der Waals surface area contributed by atoms with Gasteiger partial charge in [-0.2, -0.15) is 0 Å². The summed E-state index contributed by atoms with van der Waals surface area (Å²) in [5.74, 6) is -0.186. The molecule has 0 unspecified atom stereocenters. The number of ether oxygens (including phenoxy) is 1. The van der Waals surface area contributed by atoms with Gasteiger partial charge in [-0.1, -0.05) is 22.9 Å². The van der Waals surface area contributed by atoms with Crippen LogP contribution in [0, 0.1) is 5.82 Å². The molecule has 4 nitrogen and oxygen atoms in total. The molecule has 0 aliphatic rings. The lowest BCUT2D eigenvalue weighted by Crippen LogP contribution is -2.11. The lowest BCUT2D eigenvalue weighted by molar-refractivity contribution is 0.102. The Bertz CT molecular complexity index is 866. The molecule has 0 bridgehead atoms. The number of fused-ring (bicyclic) bond motifs is 1. The first-order valence-corrected chi connectivity index (χ1v) is 7.47. The molecule has 0 fully saturated rings. The fraction of sp³-hybridized carbons (Fsp3) is 0.0667. The predicted octanol–water partition coefficient (Wildman–Crippen LogP) is 4.35. The minimum atomic E-state index is -0.343. The van der Waals surface area contributed by atoms with Crippen LogP contribution in [-0.2, 0) is 0 Å². The number of halogens is 2. The van der Waals surface area contributed by atoms with Crippen molar-refractivity contribution >= 4 is 44.2 Å². The number of thiazole rings is 1. The Balaban J connectivity index is 1.84. The van der Waals surface area contributed by atoms with Gasteiger partial charge in [0, 0.05) is 5.56 Å². The van der Waals surface area contributed by atoms with Gasteiger partial charge in [-0.25, -0.2) is 9.37 Å². The molecule has 112 valence electrons. The highest BCUT2D eigenvalue weighted by Gasteiger charge is 2.12. The maximum absolute atomic E-state index is 13.2. The van der Waals surface area contributed by atoms with Crippen molar-refractivity contribution in [1.29, 1.82) is 0 Å². The van der Waals surface area contributed by atoms with Gasteiger partial charge in [0.25, 0.3) is 5.91 Å². The van der Waals surface area contributed by atoms with Gasteiger partial charge in [0.1, 0.15) is 11.6 Å². The van der Waals surface area contributed by atoms with Crippen LogP contribution >= 0.6 is 22.9 Å². The average molecular weight is 337 g/mol. The van der Waals surface area contributed by atoms with Gasteiger partial charge in [0.2, 0.25) is 0 Å². The molecule has 1 N–H and O–H groups in total. The van der Waals surface area contributed by atoms with Gasteiger partial charge < -0.3 is 4.74 Å². The summed E-state index contributed by atoms with van der Waals surface area (Å²) in [5, 5.41) is 3.43. The summed E-state index contributed by atoms with van der Waals surface area (Å²) in [6, 6.07) is 9.02. The summed E-state index contributed by atoms with van der Waals surface area (Å²) < 4.78 is 18.9. The highest BCUT2D eigenvalue weighted by molar-refractivity contribution is 7.22. The first-order valence-electron chi connectivity index (χ1n) is 6.28. The summed E-state index contributed by atoms with van der Waals surface area (Å²) in [5.41, 5.74) is 1.02. The quantitative estimate of drug-likeness (QED) is 0.773. The number of carbonyl (C=O) groups is 1.